The Bertz CT molecular complexity index is 834. The molecule has 0 saturated carbocycles. The van der Waals surface area contributed by atoms with E-state index in [2.05, 4.69) is 28.4 Å². The lowest BCUT2D eigenvalue weighted by atomic mass is 10.0. The summed E-state index contributed by atoms with van der Waals surface area (Å²) < 4.78 is 0. The first-order valence-corrected chi connectivity index (χ1v) is 9.95. The van der Waals surface area contributed by atoms with Crippen LogP contribution in [-0.2, 0) is 24.3 Å². The van der Waals surface area contributed by atoms with Gasteiger partial charge in [-0.3, -0.25) is 9.69 Å². The first-order chi connectivity index (χ1) is 13.7. The molecule has 2 aromatic rings. The van der Waals surface area contributed by atoms with E-state index in [1.165, 1.54) is 5.56 Å². The summed E-state index contributed by atoms with van der Waals surface area (Å²) >= 11 is 0. The molecule has 0 spiro atoms. The van der Waals surface area contributed by atoms with E-state index in [9.17, 15) is 4.79 Å². The molecule has 5 heteroatoms. The van der Waals surface area contributed by atoms with Crippen molar-refractivity contribution in [2.24, 2.45) is 5.73 Å². The first kappa shape index (κ1) is 20.1. The maximum Gasteiger partial charge on any atom is 0.220 e. The van der Waals surface area contributed by atoms with E-state index in [0.717, 1.165) is 50.0 Å². The molecule has 0 atom stereocenters. The number of hydrogen-bond donors (Lipinski definition) is 2. The molecule has 0 bridgehead atoms. The maximum atomic E-state index is 12.3. The van der Waals surface area contributed by atoms with Gasteiger partial charge in [0.2, 0.25) is 5.91 Å². The number of benzene rings is 2. The van der Waals surface area contributed by atoms with Crippen LogP contribution < -0.4 is 11.1 Å². The van der Waals surface area contributed by atoms with E-state index in [1.807, 2.05) is 36.4 Å². The molecule has 1 fully saturated rings. The zero-order chi connectivity index (χ0) is 19.8. The quantitative estimate of drug-likeness (QED) is 0.778. The monoisotopic (exact) mass is 376 g/mol. The van der Waals surface area contributed by atoms with E-state index in [1.54, 1.807) is 0 Å². The predicted octanol–water partition coefficient (Wildman–Crippen LogP) is 2.73. The van der Waals surface area contributed by atoms with Crippen LogP contribution in [-0.4, -0.2) is 29.9 Å². The van der Waals surface area contributed by atoms with E-state index in [0.29, 0.717) is 18.5 Å². The Morgan fingerprint density at radius 3 is 2.61 bits per heavy atom. The van der Waals surface area contributed by atoms with Gasteiger partial charge in [-0.15, -0.1) is 0 Å². The Morgan fingerprint density at radius 2 is 1.89 bits per heavy atom. The molecule has 1 heterocycles. The summed E-state index contributed by atoms with van der Waals surface area (Å²) in [4.78, 5) is 14.7. The van der Waals surface area contributed by atoms with Crippen molar-refractivity contribution in [2.45, 2.75) is 44.8 Å². The summed E-state index contributed by atoms with van der Waals surface area (Å²) in [6.45, 7) is 3.27. The lowest BCUT2D eigenvalue weighted by Gasteiger charge is -2.32. The van der Waals surface area contributed by atoms with Crippen molar-refractivity contribution in [2.75, 3.05) is 13.1 Å². The summed E-state index contributed by atoms with van der Waals surface area (Å²) in [6.07, 6.45) is 3.15. The second kappa shape index (κ2) is 10.0. The van der Waals surface area contributed by atoms with Gasteiger partial charge in [0.05, 0.1) is 11.6 Å². The van der Waals surface area contributed by atoms with E-state index < -0.39 is 0 Å². The fourth-order valence-electron chi connectivity index (χ4n) is 3.78. The van der Waals surface area contributed by atoms with Gasteiger partial charge < -0.3 is 11.1 Å². The van der Waals surface area contributed by atoms with E-state index in [-0.39, 0.29) is 11.9 Å². The second-order valence-electron chi connectivity index (χ2n) is 7.40. The molecule has 0 aliphatic carbocycles. The van der Waals surface area contributed by atoms with Crippen molar-refractivity contribution >= 4 is 5.91 Å². The Kier molecular flexibility index (Phi) is 7.18. The summed E-state index contributed by atoms with van der Waals surface area (Å²) in [6, 6.07) is 18.3. The number of aryl methyl sites for hydroxylation is 1. The number of nitrogens with one attached hydrogen (secondary N) is 1. The summed E-state index contributed by atoms with van der Waals surface area (Å²) in [5.74, 6) is 0.118. The average molecular weight is 377 g/mol. The molecule has 0 radical (unpaired) electrons. The molecule has 2 aromatic carbocycles. The zero-order valence-electron chi connectivity index (χ0n) is 16.2. The highest BCUT2D eigenvalue weighted by Crippen LogP contribution is 2.16. The van der Waals surface area contributed by atoms with Gasteiger partial charge in [-0.1, -0.05) is 36.4 Å². The van der Waals surface area contributed by atoms with Crippen LogP contribution in [0.1, 0.15) is 41.5 Å². The van der Waals surface area contributed by atoms with Crippen molar-refractivity contribution in [3.63, 3.8) is 0 Å². The van der Waals surface area contributed by atoms with Crippen LogP contribution >= 0.6 is 0 Å². The van der Waals surface area contributed by atoms with Crippen LogP contribution in [0.25, 0.3) is 0 Å². The Hall–Kier alpha value is -2.68. The molecule has 146 valence electrons. The molecule has 3 rings (SSSR count). The van der Waals surface area contributed by atoms with Crippen molar-refractivity contribution in [1.29, 1.82) is 5.26 Å². The number of carbonyl (C=O) groups is 1. The fraction of sp³-hybridized carbons (Fsp3) is 0.391. The van der Waals surface area contributed by atoms with Crippen LogP contribution in [0.5, 0.6) is 0 Å². The van der Waals surface area contributed by atoms with E-state index in [4.69, 9.17) is 11.0 Å². The third-order valence-corrected chi connectivity index (χ3v) is 5.37. The Morgan fingerprint density at radius 1 is 1.14 bits per heavy atom. The molecule has 5 nitrogen and oxygen atoms in total. The van der Waals surface area contributed by atoms with Gasteiger partial charge in [-0.2, -0.15) is 5.26 Å². The number of hydrogen-bond acceptors (Lipinski definition) is 4. The van der Waals surface area contributed by atoms with E-state index >= 15 is 0 Å². The Balaban J connectivity index is 1.41. The third kappa shape index (κ3) is 5.66. The van der Waals surface area contributed by atoms with Gasteiger partial charge in [0.1, 0.15) is 0 Å². The van der Waals surface area contributed by atoms with Gasteiger partial charge in [0.25, 0.3) is 0 Å². The van der Waals surface area contributed by atoms with Crippen LogP contribution in [0.4, 0.5) is 0 Å². The number of carbonyl (C=O) groups excluding carboxylic acids is 1. The second-order valence-corrected chi connectivity index (χ2v) is 7.40. The predicted molar refractivity (Wildman–Crippen MR) is 110 cm³/mol. The number of nitriles is 1. The number of nitrogens with two attached hydrogens (primary N) is 1. The van der Waals surface area contributed by atoms with Gasteiger partial charge in [-0.25, -0.2) is 0 Å². The minimum Gasteiger partial charge on any atom is -0.353 e. The zero-order valence-corrected chi connectivity index (χ0v) is 16.2. The molecular weight excluding hydrogens is 348 g/mol. The maximum absolute atomic E-state index is 12.3. The molecule has 1 saturated heterocycles. The highest BCUT2D eigenvalue weighted by molar-refractivity contribution is 5.76. The molecule has 1 amide bonds. The van der Waals surface area contributed by atoms with Gasteiger partial charge in [0.15, 0.2) is 0 Å². The van der Waals surface area contributed by atoms with Crippen LogP contribution in [0.3, 0.4) is 0 Å². The fourth-order valence-corrected chi connectivity index (χ4v) is 3.78. The normalized spacial score (nSPS) is 15.1. The number of piperidine rings is 1. The van der Waals surface area contributed by atoms with Crippen molar-refractivity contribution in [1.82, 2.24) is 10.2 Å². The van der Waals surface area contributed by atoms with Crippen LogP contribution in [0.15, 0.2) is 48.5 Å². The van der Waals surface area contributed by atoms with Gasteiger partial charge >= 0.3 is 0 Å². The lowest BCUT2D eigenvalue weighted by molar-refractivity contribution is -0.122. The van der Waals surface area contributed by atoms with Gasteiger partial charge in [-0.05, 0) is 48.1 Å². The highest BCUT2D eigenvalue weighted by Gasteiger charge is 2.20. The first-order valence-electron chi connectivity index (χ1n) is 9.95. The molecule has 1 aliphatic rings. The smallest absolute Gasteiger partial charge is 0.220 e. The molecule has 28 heavy (non-hydrogen) atoms. The SMILES string of the molecule is N#Cc1cccc(CN2CCC(NC(=O)CCc3ccccc3CN)CC2)c1. The van der Waals surface area contributed by atoms with Crippen molar-refractivity contribution < 1.29 is 4.79 Å². The standard InChI is InChI=1S/C23H28N4O/c24-15-18-4-3-5-19(14-18)17-27-12-10-22(11-13-27)26-23(28)9-8-20-6-1-2-7-21(20)16-25/h1-7,14,22H,8-13,16-17,25H2,(H,26,28). The molecule has 0 unspecified atom stereocenters. The summed E-state index contributed by atoms with van der Waals surface area (Å²) in [5.41, 5.74) is 9.92. The minimum atomic E-state index is 0.118. The lowest BCUT2D eigenvalue weighted by Crippen LogP contribution is -2.44. The van der Waals surface area contributed by atoms with Crippen LogP contribution in [0, 0.1) is 11.3 Å². The van der Waals surface area contributed by atoms with Crippen LogP contribution in [0.2, 0.25) is 0 Å². The summed E-state index contributed by atoms with van der Waals surface area (Å²) in [5, 5.41) is 12.2. The number of nitrogens with zero attached hydrogens (tertiary/aromatic N) is 2. The topological polar surface area (TPSA) is 82.2 Å². The number of amides is 1. The molecule has 0 aromatic heterocycles. The third-order valence-electron chi connectivity index (χ3n) is 5.37. The Labute approximate surface area is 167 Å². The van der Waals surface area contributed by atoms with Gasteiger partial charge in [0, 0.05) is 38.6 Å². The number of rotatable bonds is 7. The number of likely N-dealkylation sites (tertiary alicyclic amines) is 1. The average Bonchev–Trinajstić information content (AvgIpc) is 2.74. The minimum absolute atomic E-state index is 0.118. The highest BCUT2D eigenvalue weighted by atomic mass is 16.1. The molecule has 3 N–H and O–H groups in total. The van der Waals surface area contributed by atoms with Crippen molar-refractivity contribution in [3.8, 4) is 6.07 Å². The molecular formula is C23H28N4O. The summed E-state index contributed by atoms with van der Waals surface area (Å²) in [7, 11) is 0. The largest absolute Gasteiger partial charge is 0.353 e. The molecule has 1 aliphatic heterocycles. The van der Waals surface area contributed by atoms with Crippen molar-refractivity contribution in [3.05, 3.63) is 70.8 Å².